The second kappa shape index (κ2) is 4.19. The van der Waals surface area contributed by atoms with Crippen molar-refractivity contribution >= 4 is 0 Å². The number of hydrogen-bond acceptors (Lipinski definition) is 2. The maximum absolute atomic E-state index is 3.59. The van der Waals surface area contributed by atoms with Crippen LogP contribution in [0.5, 0.6) is 0 Å². The van der Waals surface area contributed by atoms with Gasteiger partial charge in [0.25, 0.3) is 0 Å². The lowest BCUT2D eigenvalue weighted by Crippen LogP contribution is -2.46. The van der Waals surface area contributed by atoms with Crippen molar-refractivity contribution in [1.29, 1.82) is 0 Å². The first-order valence-electron chi connectivity index (χ1n) is 6.12. The van der Waals surface area contributed by atoms with Crippen LogP contribution in [0.4, 0.5) is 0 Å². The maximum atomic E-state index is 3.59. The molecular weight excluding hydrogens is 172 g/mol. The lowest BCUT2D eigenvalue weighted by molar-refractivity contribution is 0.266. The molecule has 0 aromatic heterocycles. The van der Waals surface area contributed by atoms with E-state index in [9.17, 15) is 0 Å². The van der Waals surface area contributed by atoms with Gasteiger partial charge in [-0.25, -0.2) is 0 Å². The van der Waals surface area contributed by atoms with E-state index >= 15 is 0 Å². The zero-order chi connectivity index (χ0) is 10.0. The summed E-state index contributed by atoms with van der Waals surface area (Å²) in [6, 6.07) is 0. The minimum absolute atomic E-state index is 0.448. The molecular formula is C12H24N2. The fraction of sp³-hybridized carbons (Fsp3) is 1.00. The summed E-state index contributed by atoms with van der Waals surface area (Å²) >= 11 is 0. The summed E-state index contributed by atoms with van der Waals surface area (Å²) in [4.78, 5) is 2.46. The molecule has 2 fully saturated rings. The van der Waals surface area contributed by atoms with Gasteiger partial charge in [-0.3, -0.25) is 0 Å². The number of nitrogens with one attached hydrogen (secondary N) is 1. The molecule has 2 aliphatic rings. The van der Waals surface area contributed by atoms with Gasteiger partial charge in [-0.15, -0.1) is 0 Å². The van der Waals surface area contributed by atoms with E-state index < -0.39 is 0 Å². The molecule has 1 heterocycles. The molecule has 1 atom stereocenters. The largest absolute Gasteiger partial charge is 0.313 e. The first-order chi connectivity index (χ1) is 6.74. The molecule has 2 rings (SSSR count). The molecule has 1 aliphatic heterocycles. The van der Waals surface area contributed by atoms with Gasteiger partial charge in [-0.2, -0.15) is 0 Å². The van der Waals surface area contributed by atoms with Crippen LogP contribution in [-0.2, 0) is 0 Å². The lowest BCUT2D eigenvalue weighted by atomic mass is 9.86. The van der Waals surface area contributed by atoms with Crippen LogP contribution in [0.2, 0.25) is 0 Å². The van der Waals surface area contributed by atoms with Crippen molar-refractivity contribution in [2.24, 2.45) is 5.92 Å². The van der Waals surface area contributed by atoms with E-state index in [-0.39, 0.29) is 0 Å². The highest BCUT2D eigenvalue weighted by atomic mass is 15.2. The molecule has 82 valence electrons. The van der Waals surface area contributed by atoms with Crippen molar-refractivity contribution in [2.75, 3.05) is 27.2 Å². The first kappa shape index (κ1) is 10.4. The van der Waals surface area contributed by atoms with E-state index in [1.807, 2.05) is 0 Å². The Morgan fingerprint density at radius 1 is 1.36 bits per heavy atom. The van der Waals surface area contributed by atoms with Crippen LogP contribution < -0.4 is 5.32 Å². The molecule has 1 saturated carbocycles. The summed E-state index contributed by atoms with van der Waals surface area (Å²) in [7, 11) is 4.39. The Morgan fingerprint density at radius 2 is 2.07 bits per heavy atom. The molecule has 2 nitrogen and oxygen atoms in total. The molecule has 1 aliphatic carbocycles. The fourth-order valence-electron chi connectivity index (χ4n) is 3.32. The minimum atomic E-state index is 0.448. The van der Waals surface area contributed by atoms with Gasteiger partial charge >= 0.3 is 0 Å². The normalized spacial score (nSPS) is 35.6. The van der Waals surface area contributed by atoms with E-state index in [1.54, 1.807) is 0 Å². The van der Waals surface area contributed by atoms with E-state index in [0.717, 1.165) is 5.92 Å². The first-order valence-corrected chi connectivity index (χ1v) is 6.12. The maximum Gasteiger partial charge on any atom is 0.0320 e. The SMILES string of the molecule is CNC1(CC2CCCC2)CCN(C)C1. The molecule has 0 radical (unpaired) electrons. The number of likely N-dealkylation sites (tertiary alicyclic amines) is 1. The summed E-state index contributed by atoms with van der Waals surface area (Å²) in [6.07, 6.45) is 8.66. The summed E-state index contributed by atoms with van der Waals surface area (Å²) < 4.78 is 0. The Labute approximate surface area is 88.1 Å². The average molecular weight is 196 g/mol. The fourth-order valence-corrected chi connectivity index (χ4v) is 3.32. The Hall–Kier alpha value is -0.0800. The van der Waals surface area contributed by atoms with Crippen LogP contribution in [0.1, 0.15) is 38.5 Å². The highest BCUT2D eigenvalue weighted by Crippen LogP contribution is 2.35. The highest BCUT2D eigenvalue weighted by molar-refractivity contribution is 4.97. The third kappa shape index (κ3) is 2.12. The van der Waals surface area contributed by atoms with Crippen LogP contribution in [-0.4, -0.2) is 37.6 Å². The molecule has 0 amide bonds. The van der Waals surface area contributed by atoms with Gasteiger partial charge in [0, 0.05) is 12.1 Å². The Bertz CT molecular complexity index is 187. The van der Waals surface area contributed by atoms with Crippen LogP contribution in [0.25, 0.3) is 0 Å². The van der Waals surface area contributed by atoms with Crippen molar-refractivity contribution in [3.63, 3.8) is 0 Å². The summed E-state index contributed by atoms with van der Waals surface area (Å²) in [5, 5.41) is 3.59. The number of nitrogens with zero attached hydrogens (tertiary/aromatic N) is 1. The second-order valence-corrected chi connectivity index (χ2v) is 5.37. The molecule has 14 heavy (non-hydrogen) atoms. The summed E-state index contributed by atoms with van der Waals surface area (Å²) in [6.45, 7) is 2.52. The van der Waals surface area contributed by atoms with E-state index in [4.69, 9.17) is 0 Å². The Kier molecular flexibility index (Phi) is 3.13. The van der Waals surface area contributed by atoms with Crippen molar-refractivity contribution in [3.8, 4) is 0 Å². The lowest BCUT2D eigenvalue weighted by Gasteiger charge is -2.31. The molecule has 0 bridgehead atoms. The zero-order valence-electron chi connectivity index (χ0n) is 9.68. The van der Waals surface area contributed by atoms with E-state index in [1.165, 1.54) is 51.6 Å². The van der Waals surface area contributed by atoms with Gasteiger partial charge in [-0.05, 0) is 39.4 Å². The van der Waals surface area contributed by atoms with E-state index in [2.05, 4.69) is 24.3 Å². The number of rotatable bonds is 3. The van der Waals surface area contributed by atoms with Gasteiger partial charge in [0.2, 0.25) is 0 Å². The monoisotopic (exact) mass is 196 g/mol. The minimum Gasteiger partial charge on any atom is -0.313 e. The third-order valence-electron chi connectivity index (χ3n) is 4.23. The molecule has 1 unspecified atom stereocenters. The quantitative estimate of drug-likeness (QED) is 0.741. The Morgan fingerprint density at radius 3 is 2.57 bits per heavy atom. The Balaban J connectivity index is 1.91. The van der Waals surface area contributed by atoms with Crippen molar-refractivity contribution < 1.29 is 0 Å². The molecule has 1 saturated heterocycles. The van der Waals surface area contributed by atoms with Crippen molar-refractivity contribution in [1.82, 2.24) is 10.2 Å². The number of hydrogen-bond donors (Lipinski definition) is 1. The molecule has 2 heteroatoms. The molecule has 0 aromatic rings. The third-order valence-corrected chi connectivity index (χ3v) is 4.23. The van der Waals surface area contributed by atoms with Crippen molar-refractivity contribution in [2.45, 2.75) is 44.1 Å². The predicted molar refractivity (Wildman–Crippen MR) is 60.5 cm³/mol. The van der Waals surface area contributed by atoms with Crippen LogP contribution in [0, 0.1) is 5.92 Å². The van der Waals surface area contributed by atoms with Gasteiger partial charge < -0.3 is 10.2 Å². The van der Waals surface area contributed by atoms with Gasteiger partial charge in [0.15, 0.2) is 0 Å². The van der Waals surface area contributed by atoms with Crippen molar-refractivity contribution in [3.05, 3.63) is 0 Å². The van der Waals surface area contributed by atoms with Gasteiger partial charge in [0.05, 0.1) is 0 Å². The van der Waals surface area contributed by atoms with Crippen LogP contribution in [0.3, 0.4) is 0 Å². The van der Waals surface area contributed by atoms with Crippen LogP contribution >= 0.6 is 0 Å². The second-order valence-electron chi connectivity index (χ2n) is 5.37. The summed E-state index contributed by atoms with van der Waals surface area (Å²) in [5.74, 6) is 1.01. The topological polar surface area (TPSA) is 15.3 Å². The van der Waals surface area contributed by atoms with Crippen LogP contribution in [0.15, 0.2) is 0 Å². The van der Waals surface area contributed by atoms with Gasteiger partial charge in [0.1, 0.15) is 0 Å². The number of likely N-dealkylation sites (N-methyl/N-ethyl adjacent to an activating group) is 2. The molecule has 1 N–H and O–H groups in total. The zero-order valence-corrected chi connectivity index (χ0v) is 9.68. The highest BCUT2D eigenvalue weighted by Gasteiger charge is 2.37. The molecule has 0 spiro atoms. The van der Waals surface area contributed by atoms with Gasteiger partial charge in [-0.1, -0.05) is 25.7 Å². The average Bonchev–Trinajstić information content (AvgIpc) is 2.77. The van der Waals surface area contributed by atoms with E-state index in [0.29, 0.717) is 5.54 Å². The standard InChI is InChI=1S/C12H24N2/c1-13-12(7-8-14(2)10-12)9-11-5-3-4-6-11/h11,13H,3-10H2,1-2H3. The predicted octanol–water partition coefficient (Wildman–Crippen LogP) is 1.86. The summed E-state index contributed by atoms with van der Waals surface area (Å²) in [5.41, 5.74) is 0.448. The smallest absolute Gasteiger partial charge is 0.0320 e. The molecule has 0 aromatic carbocycles.